The molecule has 0 unspecified atom stereocenters. The first-order chi connectivity index (χ1) is 15.5. The van der Waals surface area contributed by atoms with Crippen molar-refractivity contribution in [1.29, 1.82) is 0 Å². The first-order valence-electron chi connectivity index (χ1n) is 10.6. The average molecular weight is 435 g/mol. The van der Waals surface area contributed by atoms with Crippen LogP contribution in [0.3, 0.4) is 0 Å². The van der Waals surface area contributed by atoms with E-state index in [-0.39, 0.29) is 24.2 Å². The van der Waals surface area contributed by atoms with E-state index in [9.17, 15) is 9.59 Å². The van der Waals surface area contributed by atoms with E-state index < -0.39 is 11.9 Å². The maximum absolute atomic E-state index is 12.4. The van der Waals surface area contributed by atoms with Gasteiger partial charge in [-0.15, -0.1) is 5.10 Å². The number of rotatable bonds is 7. The second-order valence-corrected chi connectivity index (χ2v) is 8.15. The number of aryl methyl sites for hydroxylation is 1. The second kappa shape index (κ2) is 9.59. The maximum atomic E-state index is 12.4. The van der Waals surface area contributed by atoms with Crippen LogP contribution in [0.1, 0.15) is 59.8 Å². The highest BCUT2D eigenvalue weighted by molar-refractivity contribution is 6.00. The van der Waals surface area contributed by atoms with Crippen molar-refractivity contribution in [3.63, 3.8) is 0 Å². The quantitative estimate of drug-likeness (QED) is 0.494. The zero-order chi connectivity index (χ0) is 22.5. The molecule has 0 bridgehead atoms. The summed E-state index contributed by atoms with van der Waals surface area (Å²) in [5, 5.41) is 22.2. The van der Waals surface area contributed by atoms with Crippen LogP contribution in [0.4, 0.5) is 17.5 Å². The number of pyridine rings is 1. The van der Waals surface area contributed by atoms with Gasteiger partial charge in [0.1, 0.15) is 5.82 Å². The molecule has 3 aromatic rings. The summed E-state index contributed by atoms with van der Waals surface area (Å²) >= 11 is 0. The van der Waals surface area contributed by atoms with Crippen LogP contribution < -0.4 is 10.6 Å². The van der Waals surface area contributed by atoms with Gasteiger partial charge in [0, 0.05) is 18.3 Å². The van der Waals surface area contributed by atoms with Crippen molar-refractivity contribution in [1.82, 2.24) is 15.2 Å². The Morgan fingerprint density at radius 1 is 1.09 bits per heavy atom. The van der Waals surface area contributed by atoms with Crippen molar-refractivity contribution < 1.29 is 19.1 Å². The van der Waals surface area contributed by atoms with Gasteiger partial charge in [-0.2, -0.15) is 0 Å². The number of carboxylic acids is 1. The summed E-state index contributed by atoms with van der Waals surface area (Å²) in [4.78, 5) is 27.5. The van der Waals surface area contributed by atoms with E-state index >= 15 is 0 Å². The van der Waals surface area contributed by atoms with Crippen LogP contribution in [0, 0.1) is 12.8 Å². The Hall–Kier alpha value is -3.75. The number of hydrogen-bond acceptors (Lipinski definition) is 7. The summed E-state index contributed by atoms with van der Waals surface area (Å²) in [6.07, 6.45) is 5.75. The minimum Gasteiger partial charge on any atom is -0.481 e. The Labute approximate surface area is 185 Å². The summed E-state index contributed by atoms with van der Waals surface area (Å²) in [6.45, 7) is 1.94. The highest BCUT2D eigenvalue weighted by atomic mass is 16.4. The second-order valence-electron chi connectivity index (χ2n) is 8.15. The summed E-state index contributed by atoms with van der Waals surface area (Å²) in [5.41, 5.74) is 2.86. The van der Waals surface area contributed by atoms with Crippen LogP contribution in [0.25, 0.3) is 0 Å². The van der Waals surface area contributed by atoms with Gasteiger partial charge in [0.25, 0.3) is 0 Å². The highest BCUT2D eigenvalue weighted by Gasteiger charge is 2.24. The van der Waals surface area contributed by atoms with E-state index in [0.717, 1.165) is 31.2 Å². The summed E-state index contributed by atoms with van der Waals surface area (Å²) in [7, 11) is 0. The van der Waals surface area contributed by atoms with E-state index in [1.807, 2.05) is 43.3 Å². The molecule has 0 spiro atoms. The Morgan fingerprint density at radius 2 is 1.84 bits per heavy atom. The van der Waals surface area contributed by atoms with Crippen LogP contribution in [0.5, 0.6) is 0 Å². The molecule has 3 N–H and O–H groups in total. The number of nitrogens with zero attached hydrogens (tertiary/aromatic N) is 3. The molecule has 1 aliphatic rings. The highest BCUT2D eigenvalue weighted by Crippen LogP contribution is 2.37. The molecule has 1 amide bonds. The molecule has 9 nitrogen and oxygen atoms in total. The van der Waals surface area contributed by atoms with E-state index in [2.05, 4.69) is 25.8 Å². The molecule has 2 aromatic heterocycles. The van der Waals surface area contributed by atoms with Crippen LogP contribution in [0.15, 0.2) is 47.0 Å². The van der Waals surface area contributed by atoms with Gasteiger partial charge in [0.2, 0.25) is 0 Å². The smallest absolute Gasteiger partial charge is 0.321 e. The minimum absolute atomic E-state index is 0.0853. The molecule has 1 saturated carbocycles. The van der Waals surface area contributed by atoms with Gasteiger partial charge in [-0.05, 0) is 79.8 Å². The standard InChI is InChI=1S/C23H25N5O4/c1-14-10-11-24-19(12-14)26-23-28-27-22(32-23)21(31)25-18-8-6-17(7-9-18)16-4-2-15(3-5-16)13-20(29)30/h6-12,15-16H,2-5,13H2,1H3,(H,25,31)(H,29,30)(H,24,26,28). The number of aromatic nitrogens is 3. The van der Waals surface area contributed by atoms with Gasteiger partial charge in [-0.1, -0.05) is 17.2 Å². The Balaban J connectivity index is 1.31. The van der Waals surface area contributed by atoms with Gasteiger partial charge in [0.05, 0.1) is 0 Å². The fourth-order valence-electron chi connectivity index (χ4n) is 4.05. The van der Waals surface area contributed by atoms with E-state index in [4.69, 9.17) is 9.52 Å². The van der Waals surface area contributed by atoms with Crippen molar-refractivity contribution in [3.8, 4) is 0 Å². The molecule has 9 heteroatoms. The monoisotopic (exact) mass is 435 g/mol. The zero-order valence-electron chi connectivity index (χ0n) is 17.7. The minimum atomic E-state index is -0.718. The van der Waals surface area contributed by atoms with Crippen LogP contribution in [-0.2, 0) is 4.79 Å². The molecule has 1 aromatic carbocycles. The van der Waals surface area contributed by atoms with Crippen molar-refractivity contribution in [2.24, 2.45) is 5.92 Å². The van der Waals surface area contributed by atoms with Gasteiger partial charge >= 0.3 is 23.8 Å². The lowest BCUT2D eigenvalue weighted by Gasteiger charge is -2.28. The number of hydrogen-bond donors (Lipinski definition) is 3. The predicted octanol–water partition coefficient (Wildman–Crippen LogP) is 4.52. The number of amides is 1. The molecule has 2 heterocycles. The number of aliphatic carboxylic acids is 1. The van der Waals surface area contributed by atoms with Crippen molar-refractivity contribution in [2.45, 2.75) is 44.9 Å². The maximum Gasteiger partial charge on any atom is 0.321 e. The third-order valence-electron chi connectivity index (χ3n) is 5.72. The molecule has 0 atom stereocenters. The van der Waals surface area contributed by atoms with Crippen LogP contribution >= 0.6 is 0 Å². The lowest BCUT2D eigenvalue weighted by Crippen LogP contribution is -2.16. The predicted molar refractivity (Wildman–Crippen MR) is 118 cm³/mol. The molecule has 4 rings (SSSR count). The van der Waals surface area contributed by atoms with Gasteiger partial charge in [0.15, 0.2) is 0 Å². The zero-order valence-corrected chi connectivity index (χ0v) is 17.7. The number of carboxylic acid groups (broad SMARTS) is 1. The van der Waals surface area contributed by atoms with E-state index in [1.54, 1.807) is 6.20 Å². The third kappa shape index (κ3) is 5.48. The molecule has 32 heavy (non-hydrogen) atoms. The molecule has 1 fully saturated rings. The van der Waals surface area contributed by atoms with Gasteiger partial charge in [-0.3, -0.25) is 14.9 Å². The van der Waals surface area contributed by atoms with Crippen LogP contribution in [-0.4, -0.2) is 32.2 Å². The third-order valence-corrected chi connectivity index (χ3v) is 5.72. The molecule has 0 saturated heterocycles. The average Bonchev–Trinajstić information content (AvgIpc) is 3.23. The SMILES string of the molecule is Cc1ccnc(Nc2nnc(C(=O)Nc3ccc(C4CCC(CC(=O)O)CC4)cc3)o2)c1. The molecule has 0 radical (unpaired) electrons. The normalized spacial score (nSPS) is 18.2. The molecule has 0 aliphatic heterocycles. The van der Waals surface area contributed by atoms with Gasteiger partial charge < -0.3 is 14.8 Å². The molecule has 1 aliphatic carbocycles. The fourth-order valence-corrected chi connectivity index (χ4v) is 4.05. The molecule has 166 valence electrons. The summed E-state index contributed by atoms with van der Waals surface area (Å²) in [5.74, 6) is -0.120. The first-order valence-corrected chi connectivity index (χ1v) is 10.6. The Kier molecular flexibility index (Phi) is 6.44. The van der Waals surface area contributed by atoms with Crippen molar-refractivity contribution >= 4 is 29.4 Å². The number of nitrogens with one attached hydrogen (secondary N) is 2. The molecular formula is C23H25N5O4. The largest absolute Gasteiger partial charge is 0.481 e. The topological polar surface area (TPSA) is 130 Å². The fraction of sp³-hybridized carbons (Fsp3) is 0.348. The van der Waals surface area contributed by atoms with Crippen molar-refractivity contribution in [3.05, 3.63) is 59.6 Å². The van der Waals surface area contributed by atoms with Crippen molar-refractivity contribution in [2.75, 3.05) is 10.6 Å². The summed E-state index contributed by atoms with van der Waals surface area (Å²) < 4.78 is 5.39. The van der Waals surface area contributed by atoms with Gasteiger partial charge in [-0.25, -0.2) is 4.98 Å². The number of carbonyl (C=O) groups is 2. The van der Waals surface area contributed by atoms with Crippen LogP contribution in [0.2, 0.25) is 0 Å². The number of anilines is 3. The molecular weight excluding hydrogens is 410 g/mol. The number of benzene rings is 1. The summed E-state index contributed by atoms with van der Waals surface area (Å²) in [6, 6.07) is 11.5. The van der Waals surface area contributed by atoms with E-state index in [1.165, 1.54) is 5.56 Å². The first kappa shape index (κ1) is 21.5. The van der Waals surface area contributed by atoms with E-state index in [0.29, 0.717) is 17.4 Å². The lowest BCUT2D eigenvalue weighted by molar-refractivity contribution is -0.138. The number of carbonyl (C=O) groups excluding carboxylic acids is 1. The Bertz CT molecular complexity index is 1090. The Morgan fingerprint density at radius 3 is 2.53 bits per heavy atom. The lowest BCUT2D eigenvalue weighted by atomic mass is 9.77.